The largest absolute Gasteiger partial charge is 0.454 e. The molecule has 34 heavy (non-hydrogen) atoms. The fourth-order valence-corrected chi connectivity index (χ4v) is 4.06. The molecule has 2 aliphatic rings. The van der Waals surface area contributed by atoms with Gasteiger partial charge in [0.2, 0.25) is 17.6 Å². The third-order valence-corrected chi connectivity index (χ3v) is 5.70. The second-order valence-corrected chi connectivity index (χ2v) is 8.02. The summed E-state index contributed by atoms with van der Waals surface area (Å²) in [6, 6.07) is 13.1. The molecule has 2 saturated heterocycles. The van der Waals surface area contributed by atoms with Crippen molar-refractivity contribution in [1.29, 1.82) is 0 Å². The Hall–Kier alpha value is -4.01. The van der Waals surface area contributed by atoms with E-state index in [1.165, 1.54) is 21.9 Å². The standard InChI is InChI=1S/C25H24N2O7/c28-17(15-33-24(31)18-7-1-3-9-20(18)26-13-5-11-22(26)29)16-34-25(32)19-8-2-4-10-21(19)27-14-6-12-23(27)30/h1-4,7-10H,5-6,11-16H2. The van der Waals surface area contributed by atoms with Crippen molar-refractivity contribution in [2.45, 2.75) is 25.7 Å². The summed E-state index contributed by atoms with van der Waals surface area (Å²) in [5.41, 5.74) is 1.27. The van der Waals surface area contributed by atoms with Crippen molar-refractivity contribution >= 4 is 40.9 Å². The molecule has 2 heterocycles. The number of benzene rings is 2. The van der Waals surface area contributed by atoms with Crippen LogP contribution in [-0.4, -0.2) is 55.8 Å². The predicted octanol–water partition coefficient (Wildman–Crippen LogP) is 2.52. The van der Waals surface area contributed by atoms with Crippen LogP contribution in [0.15, 0.2) is 48.5 Å². The molecule has 0 aliphatic carbocycles. The average molecular weight is 464 g/mol. The molecule has 0 radical (unpaired) electrons. The molecule has 9 nitrogen and oxygen atoms in total. The van der Waals surface area contributed by atoms with Crippen LogP contribution in [0.1, 0.15) is 46.4 Å². The van der Waals surface area contributed by atoms with Crippen LogP contribution in [0, 0.1) is 0 Å². The van der Waals surface area contributed by atoms with Crippen molar-refractivity contribution in [2.75, 3.05) is 36.1 Å². The number of ether oxygens (including phenoxy) is 2. The maximum atomic E-state index is 12.6. The highest BCUT2D eigenvalue weighted by molar-refractivity contribution is 6.05. The first kappa shape index (κ1) is 23.2. The molecule has 0 bridgehead atoms. The summed E-state index contributed by atoms with van der Waals surface area (Å²) in [4.78, 5) is 64.5. The van der Waals surface area contributed by atoms with Crippen LogP contribution in [0.2, 0.25) is 0 Å². The highest BCUT2D eigenvalue weighted by Gasteiger charge is 2.28. The maximum absolute atomic E-state index is 12.6. The Morgan fingerprint density at radius 1 is 0.676 bits per heavy atom. The Morgan fingerprint density at radius 3 is 1.47 bits per heavy atom. The Bertz CT molecular complexity index is 1060. The van der Waals surface area contributed by atoms with Gasteiger partial charge in [-0.05, 0) is 37.1 Å². The third-order valence-electron chi connectivity index (χ3n) is 5.70. The van der Waals surface area contributed by atoms with Gasteiger partial charge in [-0.2, -0.15) is 0 Å². The Morgan fingerprint density at radius 2 is 1.09 bits per heavy atom. The van der Waals surface area contributed by atoms with Crippen LogP contribution in [0.5, 0.6) is 0 Å². The third kappa shape index (κ3) is 4.98. The summed E-state index contributed by atoms with van der Waals surface area (Å²) in [5.74, 6) is -2.23. The topological polar surface area (TPSA) is 110 Å². The summed E-state index contributed by atoms with van der Waals surface area (Å²) in [6.07, 6.45) is 2.26. The number of anilines is 2. The van der Waals surface area contributed by atoms with Crippen LogP contribution in [0.3, 0.4) is 0 Å². The smallest absolute Gasteiger partial charge is 0.340 e. The molecule has 0 saturated carbocycles. The maximum Gasteiger partial charge on any atom is 0.340 e. The highest BCUT2D eigenvalue weighted by atomic mass is 16.6. The van der Waals surface area contributed by atoms with E-state index in [1.807, 2.05) is 0 Å². The molecule has 0 atom stereocenters. The van der Waals surface area contributed by atoms with Gasteiger partial charge in [-0.3, -0.25) is 14.4 Å². The Kier molecular flexibility index (Phi) is 7.01. The number of hydrogen-bond acceptors (Lipinski definition) is 7. The number of esters is 2. The second-order valence-electron chi connectivity index (χ2n) is 8.02. The molecule has 0 spiro atoms. The van der Waals surface area contributed by atoms with E-state index in [9.17, 15) is 24.0 Å². The molecule has 176 valence electrons. The van der Waals surface area contributed by atoms with E-state index >= 15 is 0 Å². The molecule has 0 aromatic heterocycles. The summed E-state index contributed by atoms with van der Waals surface area (Å²) in [6.45, 7) is -0.133. The van der Waals surface area contributed by atoms with Crippen LogP contribution in [0.25, 0.3) is 0 Å². The van der Waals surface area contributed by atoms with E-state index in [0.717, 1.165) is 0 Å². The summed E-state index contributed by atoms with van der Waals surface area (Å²) in [5, 5.41) is 0. The van der Waals surface area contributed by atoms with Crippen LogP contribution in [0.4, 0.5) is 11.4 Å². The van der Waals surface area contributed by atoms with Crippen molar-refractivity contribution in [3.8, 4) is 0 Å². The van der Waals surface area contributed by atoms with E-state index in [1.54, 1.807) is 36.4 Å². The molecule has 0 unspecified atom stereocenters. The summed E-state index contributed by atoms with van der Waals surface area (Å²) in [7, 11) is 0. The molecule has 9 heteroatoms. The SMILES string of the molecule is O=C(COC(=O)c1ccccc1N1CCCC1=O)COC(=O)c1ccccc1N1CCCC1=O. The number of amides is 2. The van der Waals surface area contributed by atoms with E-state index in [0.29, 0.717) is 50.1 Å². The van der Waals surface area contributed by atoms with Gasteiger partial charge in [0, 0.05) is 25.9 Å². The first-order chi connectivity index (χ1) is 16.5. The molecule has 2 aromatic carbocycles. The van der Waals surface area contributed by atoms with Crippen molar-refractivity contribution in [1.82, 2.24) is 0 Å². The number of rotatable bonds is 8. The zero-order chi connectivity index (χ0) is 24.1. The quantitative estimate of drug-likeness (QED) is 0.552. The number of hydrogen-bond donors (Lipinski definition) is 0. The van der Waals surface area contributed by atoms with Gasteiger partial charge in [0.05, 0.1) is 22.5 Å². The number of carbonyl (C=O) groups is 5. The van der Waals surface area contributed by atoms with Crippen molar-refractivity contribution in [3.05, 3.63) is 59.7 Å². The Labute approximate surface area is 196 Å². The van der Waals surface area contributed by atoms with Crippen molar-refractivity contribution in [2.24, 2.45) is 0 Å². The Balaban J connectivity index is 1.33. The summed E-state index contributed by atoms with van der Waals surface area (Å²) < 4.78 is 10.2. The molecule has 2 aliphatic heterocycles. The number of ketones is 1. The van der Waals surface area contributed by atoms with Crippen molar-refractivity contribution < 1.29 is 33.4 Å². The minimum Gasteiger partial charge on any atom is -0.454 e. The van der Waals surface area contributed by atoms with Gasteiger partial charge < -0.3 is 19.3 Å². The molecular weight excluding hydrogens is 440 g/mol. The zero-order valence-electron chi connectivity index (χ0n) is 18.5. The van der Waals surface area contributed by atoms with Gasteiger partial charge in [0.1, 0.15) is 0 Å². The lowest BCUT2D eigenvalue weighted by atomic mass is 10.1. The van der Waals surface area contributed by atoms with Gasteiger partial charge in [0.15, 0.2) is 13.2 Å². The van der Waals surface area contributed by atoms with E-state index in [4.69, 9.17) is 9.47 Å². The molecule has 2 amide bonds. The minimum atomic E-state index is -0.743. The van der Waals surface area contributed by atoms with Gasteiger partial charge in [-0.1, -0.05) is 24.3 Å². The fraction of sp³-hybridized carbons (Fsp3) is 0.320. The average Bonchev–Trinajstić information content (AvgIpc) is 3.48. The predicted molar refractivity (Wildman–Crippen MR) is 122 cm³/mol. The first-order valence-electron chi connectivity index (χ1n) is 11.1. The van der Waals surface area contributed by atoms with Gasteiger partial charge in [-0.25, -0.2) is 9.59 Å². The van der Waals surface area contributed by atoms with E-state index < -0.39 is 30.9 Å². The van der Waals surface area contributed by atoms with E-state index in [2.05, 4.69) is 0 Å². The molecule has 2 aromatic rings. The highest BCUT2D eigenvalue weighted by Crippen LogP contribution is 2.27. The van der Waals surface area contributed by atoms with Crippen LogP contribution >= 0.6 is 0 Å². The zero-order valence-corrected chi connectivity index (χ0v) is 18.5. The number of Topliss-reactive ketones (excluding diaryl/α,β-unsaturated/α-hetero) is 1. The second kappa shape index (κ2) is 10.3. The normalized spacial score (nSPS) is 15.5. The van der Waals surface area contributed by atoms with Crippen molar-refractivity contribution in [3.63, 3.8) is 0 Å². The molecular formula is C25H24N2O7. The number of carbonyl (C=O) groups excluding carboxylic acids is 5. The van der Waals surface area contributed by atoms with Gasteiger partial charge >= 0.3 is 11.9 Å². The lowest BCUT2D eigenvalue weighted by molar-refractivity contribution is -0.125. The lowest BCUT2D eigenvalue weighted by Gasteiger charge is -2.19. The van der Waals surface area contributed by atoms with Gasteiger partial charge in [0.25, 0.3) is 0 Å². The number of para-hydroxylation sites is 2. The molecule has 4 rings (SSSR count). The molecule has 0 N–H and O–H groups in total. The number of nitrogens with zero attached hydrogens (tertiary/aromatic N) is 2. The first-order valence-corrected chi connectivity index (χ1v) is 11.1. The minimum absolute atomic E-state index is 0.0702. The van der Waals surface area contributed by atoms with Crippen LogP contribution in [-0.2, 0) is 23.9 Å². The van der Waals surface area contributed by atoms with E-state index in [-0.39, 0.29) is 22.9 Å². The monoisotopic (exact) mass is 464 g/mol. The van der Waals surface area contributed by atoms with Crippen LogP contribution < -0.4 is 9.80 Å². The lowest BCUT2D eigenvalue weighted by Crippen LogP contribution is -2.27. The molecule has 2 fully saturated rings. The van der Waals surface area contributed by atoms with Gasteiger partial charge in [-0.15, -0.1) is 0 Å². The fourth-order valence-electron chi connectivity index (χ4n) is 4.06. The summed E-state index contributed by atoms with van der Waals surface area (Å²) >= 11 is 0.